The van der Waals surface area contributed by atoms with Gasteiger partial charge < -0.3 is 9.30 Å². The predicted molar refractivity (Wildman–Crippen MR) is 81.0 cm³/mol. The van der Waals surface area contributed by atoms with Gasteiger partial charge in [0, 0.05) is 51.4 Å². The van der Waals surface area contributed by atoms with Crippen molar-refractivity contribution in [2.24, 2.45) is 0 Å². The molecule has 0 N–H and O–H groups in total. The molecule has 2 rings (SSSR count). The normalized spacial score (nSPS) is 10.1. The second-order valence-corrected chi connectivity index (χ2v) is 4.73. The maximum atomic E-state index is 14.3. The second kappa shape index (κ2) is 8.50. The van der Waals surface area contributed by atoms with E-state index >= 15 is 0 Å². The van der Waals surface area contributed by atoms with Crippen LogP contribution in [0.5, 0.6) is 5.75 Å². The fraction of sp³-hybridized carbons (Fsp3) is 0.235. The Bertz CT molecular complexity index is 749. The van der Waals surface area contributed by atoms with Crippen molar-refractivity contribution >= 4 is 0 Å². The number of hydrogen-bond acceptors (Lipinski definition) is 2. The van der Waals surface area contributed by atoms with E-state index in [4.69, 9.17) is 4.74 Å². The monoisotopic (exact) mass is 393 g/mol. The van der Waals surface area contributed by atoms with Crippen molar-refractivity contribution in [1.82, 2.24) is 4.57 Å². The number of rotatable bonds is 5. The number of ether oxygens (including phenoxy) is 1. The van der Waals surface area contributed by atoms with Crippen LogP contribution in [0.4, 0.5) is 8.78 Å². The van der Waals surface area contributed by atoms with Crippen LogP contribution in [0.1, 0.15) is 12.5 Å². The average molecular weight is 393 g/mol. The molecule has 0 amide bonds. The van der Waals surface area contributed by atoms with Gasteiger partial charge in [-0.1, -0.05) is 30.8 Å². The molecule has 0 fully saturated rings. The Kier molecular flexibility index (Phi) is 7.29. The molecule has 0 aliphatic carbocycles. The van der Waals surface area contributed by atoms with Gasteiger partial charge in [0.15, 0.2) is 5.56 Å². The van der Waals surface area contributed by atoms with Crippen molar-refractivity contribution in [2.45, 2.75) is 20.4 Å². The summed E-state index contributed by atoms with van der Waals surface area (Å²) in [5.41, 5.74) is -0.0207. The third-order valence-electron chi connectivity index (χ3n) is 3.21. The molecule has 0 saturated heterocycles. The average Bonchev–Trinajstić information content (AvgIpc) is 2.48. The Labute approximate surface area is 158 Å². The van der Waals surface area contributed by atoms with Gasteiger partial charge in [-0.3, -0.25) is 4.79 Å². The van der Waals surface area contributed by atoms with Crippen molar-refractivity contribution in [3.05, 3.63) is 64.5 Å². The smallest absolute Gasteiger partial charge is 0.197 e. The van der Waals surface area contributed by atoms with Gasteiger partial charge in [0.1, 0.15) is 12.4 Å². The predicted octanol–water partition coefficient (Wildman–Crippen LogP) is 3.48. The summed E-state index contributed by atoms with van der Waals surface area (Å²) in [5.74, 6) is -1.54. The van der Waals surface area contributed by atoms with Crippen molar-refractivity contribution in [2.75, 3.05) is 6.61 Å². The molecular formula is C17H16F2NO2Y-. The zero-order valence-electron chi connectivity index (χ0n) is 13.0. The van der Waals surface area contributed by atoms with Crippen LogP contribution in [0.2, 0.25) is 0 Å². The molecule has 0 spiro atoms. The van der Waals surface area contributed by atoms with Crippen LogP contribution < -0.4 is 10.3 Å². The van der Waals surface area contributed by atoms with E-state index < -0.39 is 11.6 Å². The topological polar surface area (TPSA) is 31.2 Å². The molecule has 3 nitrogen and oxygen atoms in total. The molecule has 0 aliphatic rings. The Morgan fingerprint density at radius 1 is 1.35 bits per heavy atom. The number of aryl methyl sites for hydroxylation is 1. The van der Waals surface area contributed by atoms with Gasteiger partial charge in [-0.25, -0.2) is 8.78 Å². The first-order chi connectivity index (χ1) is 10.5. The number of aromatic nitrogens is 1. The molecule has 2 aromatic rings. The number of pyridine rings is 1. The summed E-state index contributed by atoms with van der Waals surface area (Å²) in [6, 6.07) is 6.39. The zero-order chi connectivity index (χ0) is 16.3. The van der Waals surface area contributed by atoms with Gasteiger partial charge in [-0.2, -0.15) is 12.1 Å². The number of hydrogen-bond donors (Lipinski definition) is 0. The Hall–Kier alpha value is -1.33. The van der Waals surface area contributed by atoms with Crippen molar-refractivity contribution in [1.29, 1.82) is 0 Å². The fourth-order valence-electron chi connectivity index (χ4n) is 2.15. The molecule has 0 aliphatic heterocycles. The largest absolute Gasteiger partial charge is 0.489 e. The van der Waals surface area contributed by atoms with Crippen LogP contribution in [-0.2, 0) is 39.3 Å². The molecule has 0 unspecified atom stereocenters. The molecule has 1 aromatic carbocycles. The van der Waals surface area contributed by atoms with Gasteiger partial charge in [0.25, 0.3) is 0 Å². The van der Waals surface area contributed by atoms with E-state index in [1.165, 1.54) is 16.7 Å². The van der Waals surface area contributed by atoms with Crippen molar-refractivity contribution < 1.29 is 46.2 Å². The summed E-state index contributed by atoms with van der Waals surface area (Å²) in [5, 5.41) is 0. The van der Waals surface area contributed by atoms with E-state index in [1.807, 2.05) is 0 Å². The summed E-state index contributed by atoms with van der Waals surface area (Å²) in [6.07, 6.45) is 1.48. The van der Waals surface area contributed by atoms with E-state index in [2.05, 4.69) is 12.6 Å². The third-order valence-corrected chi connectivity index (χ3v) is 3.21. The molecule has 0 atom stereocenters. The van der Waals surface area contributed by atoms with Crippen LogP contribution in [0, 0.1) is 24.6 Å². The van der Waals surface area contributed by atoms with E-state index in [1.54, 1.807) is 13.8 Å². The minimum absolute atomic E-state index is 0. The molecular weight excluding hydrogens is 377 g/mol. The Balaban J connectivity index is 0.00000264. The molecule has 1 heterocycles. The first-order valence-corrected chi connectivity index (χ1v) is 6.84. The number of nitrogens with zero attached hydrogens (tertiary/aromatic N) is 1. The van der Waals surface area contributed by atoms with E-state index in [0.29, 0.717) is 12.1 Å². The molecule has 1 radical (unpaired) electrons. The van der Waals surface area contributed by atoms with E-state index in [-0.39, 0.29) is 61.9 Å². The van der Waals surface area contributed by atoms with Crippen LogP contribution >= 0.6 is 0 Å². The van der Waals surface area contributed by atoms with E-state index in [9.17, 15) is 13.6 Å². The molecule has 119 valence electrons. The first kappa shape index (κ1) is 19.7. The molecule has 0 saturated carbocycles. The van der Waals surface area contributed by atoms with E-state index in [0.717, 1.165) is 12.1 Å². The van der Waals surface area contributed by atoms with Gasteiger partial charge in [-0.15, -0.1) is 0 Å². The summed E-state index contributed by atoms with van der Waals surface area (Å²) < 4.78 is 35.0. The van der Waals surface area contributed by atoms with Gasteiger partial charge in [0.05, 0.1) is 11.6 Å². The van der Waals surface area contributed by atoms with Crippen LogP contribution in [0.15, 0.2) is 35.6 Å². The van der Waals surface area contributed by atoms with Crippen LogP contribution in [-0.4, -0.2) is 11.2 Å². The number of halogens is 2. The van der Waals surface area contributed by atoms with Gasteiger partial charge >= 0.3 is 0 Å². The van der Waals surface area contributed by atoms with Crippen LogP contribution in [0.3, 0.4) is 0 Å². The van der Waals surface area contributed by atoms with Crippen LogP contribution in [0.25, 0.3) is 11.3 Å². The molecule has 0 bridgehead atoms. The molecule has 6 heteroatoms. The summed E-state index contributed by atoms with van der Waals surface area (Å²) in [7, 11) is 0. The van der Waals surface area contributed by atoms with Gasteiger partial charge in [0.2, 0.25) is 0 Å². The summed E-state index contributed by atoms with van der Waals surface area (Å²) >= 11 is 0. The SMILES string of the molecule is C=CCOc1cc(F)c(-c2[c-]cc(C)c(=O)n2CC)c(F)c1.[Y]. The van der Waals surface area contributed by atoms with Crippen molar-refractivity contribution in [3.8, 4) is 17.0 Å². The maximum Gasteiger partial charge on any atom is 0.197 e. The minimum atomic E-state index is -0.805. The summed E-state index contributed by atoms with van der Waals surface area (Å²) in [4.78, 5) is 12.1. The standard InChI is InChI=1S/C17H16F2NO2.Y/c1-4-8-22-12-9-13(18)16(14(19)10-12)15-7-6-11(3)17(21)20(15)5-2;/h4,6,9-10H,1,5,8H2,2-3H3;/q-1;. The first-order valence-electron chi connectivity index (χ1n) is 6.84. The Morgan fingerprint density at radius 3 is 2.48 bits per heavy atom. The second-order valence-electron chi connectivity index (χ2n) is 4.73. The fourth-order valence-corrected chi connectivity index (χ4v) is 2.15. The minimum Gasteiger partial charge on any atom is -0.489 e. The van der Waals surface area contributed by atoms with Gasteiger partial charge in [-0.05, 0) is 12.5 Å². The maximum absolute atomic E-state index is 14.3. The quantitative estimate of drug-likeness (QED) is 0.576. The Morgan fingerprint density at radius 2 is 1.96 bits per heavy atom. The number of benzene rings is 1. The molecule has 23 heavy (non-hydrogen) atoms. The third kappa shape index (κ3) is 4.15. The molecule has 1 aromatic heterocycles. The van der Waals surface area contributed by atoms with Crippen molar-refractivity contribution in [3.63, 3.8) is 0 Å². The summed E-state index contributed by atoms with van der Waals surface area (Å²) in [6.45, 7) is 7.27. The zero-order valence-corrected chi connectivity index (χ0v) is 15.9.